The van der Waals surface area contributed by atoms with Crippen molar-refractivity contribution >= 4 is 5.91 Å². The molecule has 21 heavy (non-hydrogen) atoms. The molecule has 1 unspecified atom stereocenters. The monoisotopic (exact) mass is 293 g/mol. The minimum atomic E-state index is -0.129. The number of hydrogen-bond donors (Lipinski definition) is 2. The van der Waals surface area contributed by atoms with Crippen LogP contribution in [0.15, 0.2) is 10.7 Å². The first-order chi connectivity index (χ1) is 10.1. The molecule has 2 N–H and O–H groups in total. The van der Waals surface area contributed by atoms with Gasteiger partial charge in [-0.25, -0.2) is 4.98 Å². The van der Waals surface area contributed by atoms with Crippen LogP contribution in [-0.4, -0.2) is 30.0 Å². The molecule has 1 aromatic rings. The molecule has 0 saturated carbocycles. The van der Waals surface area contributed by atoms with E-state index >= 15 is 0 Å². The molecule has 1 fully saturated rings. The summed E-state index contributed by atoms with van der Waals surface area (Å²) in [5.41, 5.74) is 0.403. The Hall–Kier alpha value is -1.36. The number of carbonyl (C=O) groups is 1. The van der Waals surface area contributed by atoms with Gasteiger partial charge in [0.2, 0.25) is 0 Å². The van der Waals surface area contributed by atoms with Crippen molar-refractivity contribution in [2.24, 2.45) is 5.92 Å². The maximum absolute atomic E-state index is 12.1. The quantitative estimate of drug-likeness (QED) is 0.846. The van der Waals surface area contributed by atoms with E-state index in [1.807, 2.05) is 6.92 Å². The average Bonchev–Trinajstić information content (AvgIpc) is 2.96. The molecule has 0 radical (unpaired) electrons. The summed E-state index contributed by atoms with van der Waals surface area (Å²) >= 11 is 0. The second-order valence-electron chi connectivity index (χ2n) is 6.44. The van der Waals surface area contributed by atoms with Crippen molar-refractivity contribution < 1.29 is 9.21 Å². The number of amides is 1. The summed E-state index contributed by atoms with van der Waals surface area (Å²) in [7, 11) is 0. The van der Waals surface area contributed by atoms with E-state index in [1.165, 1.54) is 6.26 Å². The van der Waals surface area contributed by atoms with Crippen LogP contribution in [0.1, 0.15) is 68.8 Å². The van der Waals surface area contributed by atoms with E-state index in [1.54, 1.807) is 0 Å². The third-order valence-electron chi connectivity index (χ3n) is 4.00. The van der Waals surface area contributed by atoms with Crippen LogP contribution in [0.25, 0.3) is 0 Å². The second kappa shape index (κ2) is 7.59. The molecule has 0 bridgehead atoms. The number of nitrogens with one attached hydrogen (secondary N) is 2. The first-order valence-corrected chi connectivity index (χ1v) is 8.03. The summed E-state index contributed by atoms with van der Waals surface area (Å²) in [5, 5.41) is 6.31. The van der Waals surface area contributed by atoms with Crippen molar-refractivity contribution in [3.63, 3.8) is 0 Å². The zero-order valence-electron chi connectivity index (χ0n) is 13.3. The summed E-state index contributed by atoms with van der Waals surface area (Å²) in [6.07, 6.45) is 5.63. The fourth-order valence-corrected chi connectivity index (χ4v) is 2.60. The van der Waals surface area contributed by atoms with Gasteiger partial charge in [0.1, 0.15) is 6.26 Å². The van der Waals surface area contributed by atoms with Crippen LogP contribution < -0.4 is 10.6 Å². The molecule has 0 spiro atoms. The minimum absolute atomic E-state index is 0.129. The number of piperidine rings is 1. The number of aromatic nitrogens is 1. The molecule has 1 atom stereocenters. The van der Waals surface area contributed by atoms with Gasteiger partial charge in [0, 0.05) is 12.0 Å². The first-order valence-electron chi connectivity index (χ1n) is 8.03. The molecule has 1 saturated heterocycles. The molecule has 0 aromatic carbocycles. The molecule has 5 heteroatoms. The van der Waals surface area contributed by atoms with Gasteiger partial charge in [-0.15, -0.1) is 0 Å². The average molecular weight is 293 g/mol. The Morgan fingerprint density at radius 1 is 1.38 bits per heavy atom. The molecule has 1 aliphatic rings. The van der Waals surface area contributed by atoms with E-state index in [0.29, 0.717) is 23.4 Å². The van der Waals surface area contributed by atoms with Crippen molar-refractivity contribution in [2.75, 3.05) is 13.1 Å². The first kappa shape index (κ1) is 16.0. The van der Waals surface area contributed by atoms with Crippen LogP contribution in [0, 0.1) is 5.92 Å². The highest BCUT2D eigenvalue weighted by Gasteiger charge is 2.22. The molecule has 1 amide bonds. The smallest absolute Gasteiger partial charge is 0.273 e. The van der Waals surface area contributed by atoms with Crippen molar-refractivity contribution in [3.8, 4) is 0 Å². The lowest BCUT2D eigenvalue weighted by atomic mass is 9.98. The van der Waals surface area contributed by atoms with E-state index < -0.39 is 0 Å². The molecule has 1 aliphatic heterocycles. The molecule has 5 nitrogen and oxygen atoms in total. The van der Waals surface area contributed by atoms with E-state index in [2.05, 4.69) is 29.5 Å². The predicted molar refractivity (Wildman–Crippen MR) is 82.3 cm³/mol. The summed E-state index contributed by atoms with van der Waals surface area (Å²) in [5.74, 6) is 1.57. The fourth-order valence-electron chi connectivity index (χ4n) is 2.60. The Bertz CT molecular complexity index is 450. The Morgan fingerprint density at radius 3 is 2.76 bits per heavy atom. The SMILES string of the molecule is CC(C)CCC(C)NC(=O)c1coc(C2CCNCC2)n1. The molecular formula is C16H27N3O2. The van der Waals surface area contributed by atoms with Gasteiger partial charge in [-0.05, 0) is 51.6 Å². The van der Waals surface area contributed by atoms with E-state index in [4.69, 9.17) is 4.42 Å². The van der Waals surface area contributed by atoms with Gasteiger partial charge in [0.15, 0.2) is 11.6 Å². The zero-order valence-corrected chi connectivity index (χ0v) is 13.3. The van der Waals surface area contributed by atoms with Crippen molar-refractivity contribution in [3.05, 3.63) is 17.8 Å². The van der Waals surface area contributed by atoms with Crippen molar-refractivity contribution in [2.45, 2.75) is 58.4 Å². The van der Waals surface area contributed by atoms with Crippen LogP contribution in [0.2, 0.25) is 0 Å². The number of hydrogen-bond acceptors (Lipinski definition) is 4. The Labute approximate surface area is 126 Å². The van der Waals surface area contributed by atoms with E-state index in [-0.39, 0.29) is 11.9 Å². The summed E-state index contributed by atoms with van der Waals surface area (Å²) in [4.78, 5) is 16.5. The number of rotatable bonds is 6. The van der Waals surface area contributed by atoms with Gasteiger partial charge in [-0.1, -0.05) is 13.8 Å². The highest BCUT2D eigenvalue weighted by atomic mass is 16.3. The van der Waals surface area contributed by atoms with Gasteiger partial charge in [0.25, 0.3) is 5.91 Å². The summed E-state index contributed by atoms with van der Waals surface area (Å²) in [6.45, 7) is 8.39. The normalized spacial score (nSPS) is 17.9. The van der Waals surface area contributed by atoms with Crippen molar-refractivity contribution in [1.82, 2.24) is 15.6 Å². The predicted octanol–water partition coefficient (Wildman–Crippen LogP) is 2.70. The third kappa shape index (κ3) is 4.84. The Balaban J connectivity index is 1.86. The summed E-state index contributed by atoms with van der Waals surface area (Å²) < 4.78 is 5.51. The Morgan fingerprint density at radius 2 is 2.10 bits per heavy atom. The van der Waals surface area contributed by atoms with Crippen LogP contribution >= 0.6 is 0 Å². The number of carbonyl (C=O) groups excluding carboxylic acids is 1. The van der Waals surface area contributed by atoms with Gasteiger partial charge in [0.05, 0.1) is 0 Å². The third-order valence-corrected chi connectivity index (χ3v) is 4.00. The molecule has 118 valence electrons. The van der Waals surface area contributed by atoms with Gasteiger partial charge >= 0.3 is 0 Å². The minimum Gasteiger partial charge on any atom is -0.448 e. The maximum Gasteiger partial charge on any atom is 0.273 e. The van der Waals surface area contributed by atoms with Gasteiger partial charge < -0.3 is 15.1 Å². The Kier molecular flexibility index (Phi) is 5.79. The molecular weight excluding hydrogens is 266 g/mol. The fraction of sp³-hybridized carbons (Fsp3) is 0.750. The van der Waals surface area contributed by atoms with Gasteiger partial charge in [-0.3, -0.25) is 4.79 Å². The lowest BCUT2D eigenvalue weighted by Crippen LogP contribution is -2.33. The number of oxazole rings is 1. The molecule has 1 aromatic heterocycles. The van der Waals surface area contributed by atoms with Crippen LogP contribution in [0.5, 0.6) is 0 Å². The van der Waals surface area contributed by atoms with Crippen LogP contribution in [-0.2, 0) is 0 Å². The highest BCUT2D eigenvalue weighted by Crippen LogP contribution is 2.24. The second-order valence-corrected chi connectivity index (χ2v) is 6.44. The van der Waals surface area contributed by atoms with Crippen molar-refractivity contribution in [1.29, 1.82) is 0 Å². The highest BCUT2D eigenvalue weighted by molar-refractivity contribution is 5.92. The lowest BCUT2D eigenvalue weighted by Gasteiger charge is -2.19. The maximum atomic E-state index is 12.1. The van der Waals surface area contributed by atoms with E-state index in [9.17, 15) is 4.79 Å². The van der Waals surface area contributed by atoms with Crippen LogP contribution in [0.4, 0.5) is 0 Å². The standard InChI is InChI=1S/C16H27N3O2/c1-11(2)4-5-12(3)18-15(20)14-10-21-16(19-14)13-6-8-17-9-7-13/h10-13,17H,4-9H2,1-3H3,(H,18,20). The number of nitrogens with zero attached hydrogens (tertiary/aromatic N) is 1. The van der Waals surface area contributed by atoms with Crippen LogP contribution in [0.3, 0.4) is 0 Å². The summed E-state index contributed by atoms with van der Waals surface area (Å²) in [6, 6.07) is 0.166. The molecule has 2 rings (SSSR count). The lowest BCUT2D eigenvalue weighted by molar-refractivity contribution is 0.0932. The van der Waals surface area contributed by atoms with E-state index in [0.717, 1.165) is 38.8 Å². The zero-order chi connectivity index (χ0) is 15.2. The molecule has 2 heterocycles. The molecule has 0 aliphatic carbocycles. The largest absolute Gasteiger partial charge is 0.448 e. The topological polar surface area (TPSA) is 67.2 Å². The van der Waals surface area contributed by atoms with Gasteiger partial charge in [-0.2, -0.15) is 0 Å².